The Hall–Kier alpha value is -0.160. The summed E-state index contributed by atoms with van der Waals surface area (Å²) in [5.74, 6) is 0. The van der Waals surface area contributed by atoms with Crippen molar-refractivity contribution in [3.8, 4) is 0 Å². The van der Waals surface area contributed by atoms with Gasteiger partial charge in [0.2, 0.25) is 0 Å². The highest BCUT2D eigenvalue weighted by Gasteiger charge is 2.39. The topological polar surface area (TPSA) is 52.7 Å². The van der Waals surface area contributed by atoms with Crippen LogP contribution < -0.4 is 5.73 Å². The number of likely N-dealkylation sites (N-methyl/N-ethyl adjacent to an activating group) is 1. The van der Waals surface area contributed by atoms with E-state index in [1.165, 1.54) is 19.5 Å². The SMILES string of the molecule is CC1CN(C)CCCN1C1CCC(N)(CO)C1. The first-order valence-corrected chi connectivity index (χ1v) is 6.88. The number of nitrogens with zero attached hydrogens (tertiary/aromatic N) is 2. The van der Waals surface area contributed by atoms with Gasteiger partial charge >= 0.3 is 0 Å². The highest BCUT2D eigenvalue weighted by atomic mass is 16.3. The maximum Gasteiger partial charge on any atom is 0.0611 e. The summed E-state index contributed by atoms with van der Waals surface area (Å²) in [7, 11) is 2.20. The van der Waals surface area contributed by atoms with Crippen molar-refractivity contribution in [1.82, 2.24) is 9.80 Å². The minimum atomic E-state index is -0.317. The van der Waals surface area contributed by atoms with Gasteiger partial charge in [-0.3, -0.25) is 4.90 Å². The Morgan fingerprint density at radius 3 is 2.82 bits per heavy atom. The molecule has 0 aromatic heterocycles. The van der Waals surface area contributed by atoms with Gasteiger partial charge in [-0.25, -0.2) is 0 Å². The number of aliphatic hydroxyl groups is 1. The van der Waals surface area contributed by atoms with Crippen molar-refractivity contribution in [2.24, 2.45) is 5.73 Å². The second kappa shape index (κ2) is 5.22. The molecule has 1 heterocycles. The fourth-order valence-electron chi connectivity index (χ4n) is 3.49. The summed E-state index contributed by atoms with van der Waals surface area (Å²) in [4.78, 5) is 5.04. The standard InChI is InChI=1S/C13H27N3O/c1-11-9-15(2)6-3-7-16(11)12-4-5-13(14,8-12)10-17/h11-12,17H,3-10,14H2,1-2H3. The third kappa shape index (κ3) is 2.99. The molecule has 3 unspecified atom stereocenters. The average Bonchev–Trinajstić information content (AvgIpc) is 2.59. The zero-order valence-corrected chi connectivity index (χ0v) is 11.2. The van der Waals surface area contributed by atoms with E-state index in [0.717, 1.165) is 25.8 Å². The molecule has 1 saturated heterocycles. The van der Waals surface area contributed by atoms with Gasteiger partial charge in [-0.15, -0.1) is 0 Å². The third-order valence-corrected chi connectivity index (χ3v) is 4.50. The first-order chi connectivity index (χ1) is 8.04. The summed E-state index contributed by atoms with van der Waals surface area (Å²) in [6.07, 6.45) is 4.31. The number of hydrogen-bond donors (Lipinski definition) is 2. The van der Waals surface area contributed by atoms with E-state index in [4.69, 9.17) is 5.73 Å². The molecule has 100 valence electrons. The Bertz CT molecular complexity index is 261. The largest absolute Gasteiger partial charge is 0.394 e. The molecule has 0 radical (unpaired) electrons. The van der Waals surface area contributed by atoms with Crippen molar-refractivity contribution in [3.63, 3.8) is 0 Å². The van der Waals surface area contributed by atoms with Crippen molar-refractivity contribution in [2.75, 3.05) is 33.3 Å². The van der Waals surface area contributed by atoms with E-state index in [1.807, 2.05) is 0 Å². The van der Waals surface area contributed by atoms with E-state index in [2.05, 4.69) is 23.8 Å². The van der Waals surface area contributed by atoms with Crippen LogP contribution in [-0.2, 0) is 0 Å². The van der Waals surface area contributed by atoms with Crippen LogP contribution in [0.5, 0.6) is 0 Å². The molecule has 3 atom stereocenters. The maximum absolute atomic E-state index is 9.35. The second-order valence-corrected chi connectivity index (χ2v) is 6.12. The summed E-state index contributed by atoms with van der Waals surface area (Å²) in [6, 6.07) is 1.18. The predicted octanol–water partition coefficient (Wildman–Crippen LogP) is 0.255. The smallest absolute Gasteiger partial charge is 0.0611 e. The number of rotatable bonds is 2. The fraction of sp³-hybridized carbons (Fsp3) is 1.00. The van der Waals surface area contributed by atoms with Crippen molar-refractivity contribution >= 4 is 0 Å². The maximum atomic E-state index is 9.35. The van der Waals surface area contributed by atoms with E-state index in [0.29, 0.717) is 12.1 Å². The minimum Gasteiger partial charge on any atom is -0.394 e. The van der Waals surface area contributed by atoms with Crippen LogP contribution in [0.3, 0.4) is 0 Å². The summed E-state index contributed by atoms with van der Waals surface area (Å²) in [5, 5.41) is 9.35. The van der Waals surface area contributed by atoms with Gasteiger partial charge in [-0.2, -0.15) is 0 Å². The first-order valence-electron chi connectivity index (χ1n) is 6.88. The molecule has 2 aliphatic rings. The lowest BCUT2D eigenvalue weighted by Gasteiger charge is -2.34. The molecular formula is C13H27N3O. The lowest BCUT2D eigenvalue weighted by Crippen LogP contribution is -2.47. The molecule has 0 amide bonds. The Morgan fingerprint density at radius 2 is 2.18 bits per heavy atom. The van der Waals surface area contributed by atoms with E-state index in [9.17, 15) is 5.11 Å². The Kier molecular flexibility index (Phi) is 4.08. The molecule has 0 bridgehead atoms. The number of hydrogen-bond acceptors (Lipinski definition) is 4. The molecule has 1 aliphatic heterocycles. The second-order valence-electron chi connectivity index (χ2n) is 6.12. The van der Waals surface area contributed by atoms with E-state index < -0.39 is 0 Å². The van der Waals surface area contributed by atoms with Gasteiger partial charge in [-0.05, 0) is 52.7 Å². The van der Waals surface area contributed by atoms with Gasteiger partial charge in [-0.1, -0.05) is 0 Å². The molecular weight excluding hydrogens is 214 g/mol. The van der Waals surface area contributed by atoms with Crippen molar-refractivity contribution in [2.45, 2.75) is 50.2 Å². The van der Waals surface area contributed by atoms with Crippen molar-refractivity contribution in [3.05, 3.63) is 0 Å². The van der Waals surface area contributed by atoms with Crippen molar-refractivity contribution < 1.29 is 5.11 Å². The molecule has 0 spiro atoms. The molecule has 2 fully saturated rings. The number of nitrogens with two attached hydrogens (primary N) is 1. The molecule has 17 heavy (non-hydrogen) atoms. The van der Waals surface area contributed by atoms with Crippen LogP contribution in [0.4, 0.5) is 0 Å². The molecule has 3 N–H and O–H groups in total. The molecule has 1 saturated carbocycles. The van der Waals surface area contributed by atoms with Gasteiger partial charge in [0.25, 0.3) is 0 Å². The molecule has 4 nitrogen and oxygen atoms in total. The van der Waals surface area contributed by atoms with Gasteiger partial charge in [0, 0.05) is 24.2 Å². The molecule has 2 rings (SSSR count). The monoisotopic (exact) mass is 241 g/mol. The molecule has 0 aromatic carbocycles. The lowest BCUT2D eigenvalue weighted by molar-refractivity contribution is 0.130. The van der Waals surface area contributed by atoms with Crippen LogP contribution in [0.25, 0.3) is 0 Å². The Labute approximate surface area is 105 Å². The van der Waals surface area contributed by atoms with Crippen LogP contribution in [0.15, 0.2) is 0 Å². The van der Waals surface area contributed by atoms with Crippen molar-refractivity contribution in [1.29, 1.82) is 0 Å². The van der Waals surface area contributed by atoms with Crippen LogP contribution in [0.1, 0.15) is 32.6 Å². The van der Waals surface area contributed by atoms with E-state index in [-0.39, 0.29) is 12.1 Å². The summed E-state index contributed by atoms with van der Waals surface area (Å²) in [5.41, 5.74) is 5.86. The first kappa shape index (κ1) is 13.3. The predicted molar refractivity (Wildman–Crippen MR) is 69.9 cm³/mol. The molecule has 0 aromatic rings. The molecule has 4 heteroatoms. The van der Waals surface area contributed by atoms with Crippen LogP contribution in [0, 0.1) is 0 Å². The minimum absolute atomic E-state index is 0.131. The third-order valence-electron chi connectivity index (χ3n) is 4.50. The van der Waals surface area contributed by atoms with Gasteiger partial charge < -0.3 is 15.7 Å². The van der Waals surface area contributed by atoms with E-state index >= 15 is 0 Å². The Balaban J connectivity index is 1.98. The van der Waals surface area contributed by atoms with Gasteiger partial charge in [0.05, 0.1) is 6.61 Å². The highest BCUT2D eigenvalue weighted by molar-refractivity contribution is 4.98. The normalized spacial score (nSPS) is 41.6. The zero-order chi connectivity index (χ0) is 12.5. The number of aliphatic hydroxyl groups excluding tert-OH is 1. The van der Waals surface area contributed by atoms with Crippen LogP contribution >= 0.6 is 0 Å². The fourth-order valence-corrected chi connectivity index (χ4v) is 3.49. The summed E-state index contributed by atoms with van der Waals surface area (Å²) >= 11 is 0. The quantitative estimate of drug-likeness (QED) is 0.728. The Morgan fingerprint density at radius 1 is 1.41 bits per heavy atom. The van der Waals surface area contributed by atoms with E-state index in [1.54, 1.807) is 0 Å². The average molecular weight is 241 g/mol. The van der Waals surface area contributed by atoms with Crippen LogP contribution in [0.2, 0.25) is 0 Å². The van der Waals surface area contributed by atoms with Crippen LogP contribution in [-0.4, -0.2) is 65.8 Å². The molecule has 1 aliphatic carbocycles. The summed E-state index contributed by atoms with van der Waals surface area (Å²) in [6.45, 7) is 5.97. The van der Waals surface area contributed by atoms with Gasteiger partial charge in [0.1, 0.15) is 0 Å². The summed E-state index contributed by atoms with van der Waals surface area (Å²) < 4.78 is 0. The highest BCUT2D eigenvalue weighted by Crippen LogP contribution is 2.32. The van der Waals surface area contributed by atoms with Gasteiger partial charge in [0.15, 0.2) is 0 Å². The zero-order valence-electron chi connectivity index (χ0n) is 11.2. The lowest BCUT2D eigenvalue weighted by atomic mass is 10.00.